The highest BCUT2D eigenvalue weighted by Crippen LogP contribution is 2.27. The van der Waals surface area contributed by atoms with Gasteiger partial charge in [-0.05, 0) is 24.7 Å². The molecule has 0 radical (unpaired) electrons. The number of allylic oxidation sites excluding steroid dienone is 1. The Balaban J connectivity index is 2.26. The van der Waals surface area contributed by atoms with Crippen molar-refractivity contribution in [3.8, 4) is 0 Å². The van der Waals surface area contributed by atoms with Crippen LogP contribution in [-0.4, -0.2) is 31.4 Å². The second-order valence-electron chi connectivity index (χ2n) is 4.61. The summed E-state index contributed by atoms with van der Waals surface area (Å²) in [6.45, 7) is 2.40. The van der Waals surface area contributed by atoms with Gasteiger partial charge in [-0.3, -0.25) is 0 Å². The lowest BCUT2D eigenvalue weighted by atomic mass is 9.96. The third-order valence-electron chi connectivity index (χ3n) is 3.14. The maximum absolute atomic E-state index is 12.3. The molecule has 0 unspecified atom stereocenters. The number of hydrogen-bond acceptors (Lipinski definition) is 4. The predicted octanol–water partition coefficient (Wildman–Crippen LogP) is 1.67. The number of esters is 1. The van der Waals surface area contributed by atoms with Gasteiger partial charge in [0.1, 0.15) is 6.61 Å². The Kier molecular flexibility index (Phi) is 5.30. The summed E-state index contributed by atoms with van der Waals surface area (Å²) < 4.78 is 10.1. The maximum atomic E-state index is 12.3. The van der Waals surface area contributed by atoms with Gasteiger partial charge in [0.15, 0.2) is 5.11 Å². The van der Waals surface area contributed by atoms with E-state index in [4.69, 9.17) is 21.7 Å². The Morgan fingerprint density at radius 3 is 2.67 bits per heavy atom. The van der Waals surface area contributed by atoms with Crippen LogP contribution >= 0.6 is 12.2 Å². The second kappa shape index (κ2) is 7.19. The number of hydrogen-bond donors (Lipinski definition) is 2. The van der Waals surface area contributed by atoms with Crippen LogP contribution in [0.15, 0.2) is 41.6 Å². The number of thiocarbonyl (C=S) groups is 1. The quantitative estimate of drug-likeness (QED) is 0.490. The number of rotatable bonds is 5. The summed E-state index contributed by atoms with van der Waals surface area (Å²) in [5.74, 6) is -0.374. The molecular formula is C15H18N2O3S. The highest BCUT2D eigenvalue weighted by Gasteiger charge is 2.30. The SMILES string of the molecule is COCCOC(=O)C1=C(C)NC(=S)N[C@@H]1c1ccccc1. The van der Waals surface area contributed by atoms with Gasteiger partial charge in [0.05, 0.1) is 18.2 Å². The summed E-state index contributed by atoms with van der Waals surface area (Å²) in [5, 5.41) is 6.58. The molecule has 5 nitrogen and oxygen atoms in total. The third-order valence-corrected chi connectivity index (χ3v) is 3.36. The second-order valence-corrected chi connectivity index (χ2v) is 5.02. The Hall–Kier alpha value is -1.92. The van der Waals surface area contributed by atoms with Crippen LogP contribution in [0.25, 0.3) is 0 Å². The molecule has 0 aliphatic carbocycles. The first-order valence-electron chi connectivity index (χ1n) is 6.62. The van der Waals surface area contributed by atoms with Crippen molar-refractivity contribution in [3.05, 3.63) is 47.2 Å². The molecule has 1 aliphatic rings. The van der Waals surface area contributed by atoms with Gasteiger partial charge < -0.3 is 20.1 Å². The minimum absolute atomic E-state index is 0.220. The van der Waals surface area contributed by atoms with Crippen LogP contribution in [0.4, 0.5) is 0 Å². The standard InChI is InChI=1S/C15H18N2O3S/c1-10-12(14(18)20-9-8-19-2)13(17-15(21)16-10)11-6-4-3-5-7-11/h3-7,13H,8-9H2,1-2H3,(H2,16,17,21)/t13-/m1/s1. The van der Waals surface area contributed by atoms with E-state index in [0.717, 1.165) is 5.56 Å². The molecule has 1 aromatic carbocycles. The molecule has 0 bridgehead atoms. The topological polar surface area (TPSA) is 59.6 Å². The van der Waals surface area contributed by atoms with Crippen molar-refractivity contribution in [2.24, 2.45) is 0 Å². The number of methoxy groups -OCH3 is 1. The Labute approximate surface area is 129 Å². The molecule has 2 N–H and O–H groups in total. The van der Waals surface area contributed by atoms with Gasteiger partial charge in [-0.1, -0.05) is 30.3 Å². The lowest BCUT2D eigenvalue weighted by molar-refractivity contribution is -0.140. The van der Waals surface area contributed by atoms with Crippen LogP contribution in [-0.2, 0) is 14.3 Å². The van der Waals surface area contributed by atoms with E-state index in [2.05, 4.69) is 10.6 Å². The van der Waals surface area contributed by atoms with Gasteiger partial charge in [0, 0.05) is 12.8 Å². The van der Waals surface area contributed by atoms with Crippen molar-refractivity contribution in [3.63, 3.8) is 0 Å². The largest absolute Gasteiger partial charge is 0.460 e. The molecule has 0 saturated heterocycles. The smallest absolute Gasteiger partial charge is 0.338 e. The number of carbonyl (C=O) groups excluding carboxylic acids is 1. The summed E-state index contributed by atoms with van der Waals surface area (Å²) in [6.07, 6.45) is 0. The molecule has 0 amide bonds. The van der Waals surface area contributed by atoms with Gasteiger partial charge in [-0.2, -0.15) is 0 Å². The summed E-state index contributed by atoms with van der Waals surface area (Å²) >= 11 is 5.18. The first-order chi connectivity index (χ1) is 10.1. The molecule has 1 aromatic rings. The maximum Gasteiger partial charge on any atom is 0.338 e. The fourth-order valence-corrected chi connectivity index (χ4v) is 2.43. The number of ether oxygens (including phenoxy) is 2. The Bertz CT molecular complexity index is 557. The monoisotopic (exact) mass is 306 g/mol. The zero-order chi connectivity index (χ0) is 15.2. The average molecular weight is 306 g/mol. The first-order valence-corrected chi connectivity index (χ1v) is 7.03. The highest BCUT2D eigenvalue weighted by molar-refractivity contribution is 7.80. The summed E-state index contributed by atoms with van der Waals surface area (Å²) in [7, 11) is 1.56. The molecule has 112 valence electrons. The fourth-order valence-electron chi connectivity index (χ4n) is 2.16. The first kappa shape index (κ1) is 15.5. The van der Waals surface area contributed by atoms with Crippen LogP contribution in [0.1, 0.15) is 18.5 Å². The number of carbonyl (C=O) groups is 1. The van der Waals surface area contributed by atoms with E-state index in [-0.39, 0.29) is 18.6 Å². The van der Waals surface area contributed by atoms with Crippen LogP contribution in [0.3, 0.4) is 0 Å². The molecular weight excluding hydrogens is 288 g/mol. The van der Waals surface area contributed by atoms with E-state index in [9.17, 15) is 4.79 Å². The average Bonchev–Trinajstić information content (AvgIpc) is 2.47. The number of benzene rings is 1. The number of nitrogens with one attached hydrogen (secondary N) is 2. The van der Waals surface area contributed by atoms with Crippen molar-refractivity contribution in [1.29, 1.82) is 0 Å². The molecule has 1 aliphatic heterocycles. The van der Waals surface area contributed by atoms with E-state index < -0.39 is 0 Å². The van der Waals surface area contributed by atoms with Crippen LogP contribution in [0.2, 0.25) is 0 Å². The van der Waals surface area contributed by atoms with E-state index in [1.165, 1.54) is 0 Å². The molecule has 6 heteroatoms. The van der Waals surface area contributed by atoms with E-state index in [0.29, 0.717) is 23.0 Å². The highest BCUT2D eigenvalue weighted by atomic mass is 32.1. The predicted molar refractivity (Wildman–Crippen MR) is 83.6 cm³/mol. The normalized spacial score (nSPS) is 18.0. The fraction of sp³-hybridized carbons (Fsp3) is 0.333. The molecule has 1 atom stereocenters. The van der Waals surface area contributed by atoms with Gasteiger partial charge in [-0.15, -0.1) is 0 Å². The molecule has 1 heterocycles. The lowest BCUT2D eigenvalue weighted by Gasteiger charge is -2.29. The Morgan fingerprint density at radius 1 is 1.29 bits per heavy atom. The van der Waals surface area contributed by atoms with Crippen LogP contribution in [0.5, 0.6) is 0 Å². The van der Waals surface area contributed by atoms with Gasteiger partial charge in [0.2, 0.25) is 0 Å². The van der Waals surface area contributed by atoms with Crippen molar-refractivity contribution in [1.82, 2.24) is 10.6 Å². The summed E-state index contributed by atoms with van der Waals surface area (Å²) in [5.41, 5.74) is 2.19. The van der Waals surface area contributed by atoms with Crippen LogP contribution in [0, 0.1) is 0 Å². The van der Waals surface area contributed by atoms with Crippen LogP contribution < -0.4 is 10.6 Å². The van der Waals surface area contributed by atoms with Crippen molar-refractivity contribution in [2.75, 3.05) is 20.3 Å². The van der Waals surface area contributed by atoms with E-state index >= 15 is 0 Å². The van der Waals surface area contributed by atoms with Gasteiger partial charge >= 0.3 is 5.97 Å². The van der Waals surface area contributed by atoms with E-state index in [1.54, 1.807) is 7.11 Å². The third kappa shape index (κ3) is 3.80. The summed E-state index contributed by atoms with van der Waals surface area (Å²) in [4.78, 5) is 12.3. The zero-order valence-corrected chi connectivity index (χ0v) is 12.8. The van der Waals surface area contributed by atoms with Crippen molar-refractivity contribution in [2.45, 2.75) is 13.0 Å². The Morgan fingerprint density at radius 2 is 2.00 bits per heavy atom. The minimum atomic E-state index is -0.374. The van der Waals surface area contributed by atoms with Gasteiger partial charge in [0.25, 0.3) is 0 Å². The summed E-state index contributed by atoms with van der Waals surface area (Å²) in [6, 6.07) is 9.35. The molecule has 0 saturated carbocycles. The molecule has 2 rings (SSSR count). The molecule has 0 fully saturated rings. The minimum Gasteiger partial charge on any atom is -0.460 e. The van der Waals surface area contributed by atoms with E-state index in [1.807, 2.05) is 37.3 Å². The lowest BCUT2D eigenvalue weighted by Crippen LogP contribution is -2.45. The molecule has 21 heavy (non-hydrogen) atoms. The van der Waals surface area contributed by atoms with Crippen molar-refractivity contribution < 1.29 is 14.3 Å². The van der Waals surface area contributed by atoms with Gasteiger partial charge in [-0.25, -0.2) is 4.79 Å². The van der Waals surface area contributed by atoms with Crippen molar-refractivity contribution >= 4 is 23.3 Å². The molecule has 0 spiro atoms. The zero-order valence-electron chi connectivity index (χ0n) is 12.0. The molecule has 0 aromatic heterocycles.